The Hall–Kier alpha value is -1.92. The molecule has 4 fully saturated rings. The Labute approximate surface area is 205 Å². The Bertz CT molecular complexity index is 805. The molecule has 0 spiro atoms. The fraction of sp³-hybridized carbons (Fsp3) is 0.714. The number of rotatable bonds is 6. The predicted molar refractivity (Wildman–Crippen MR) is 135 cm³/mol. The number of carbonyl (C=O) groups is 2. The predicted octanol–water partition coefficient (Wildman–Crippen LogP) is 3.19. The SMILES string of the molecule is O=C(CN1CCN(C(=O)C(c2ccccc2)C2CCCCC2)CC1)N1CCN(C2CCC2)CC1. The number of benzene rings is 1. The Kier molecular flexibility index (Phi) is 7.85. The quantitative estimate of drug-likeness (QED) is 0.646. The summed E-state index contributed by atoms with van der Waals surface area (Å²) in [6, 6.07) is 11.2. The molecule has 34 heavy (non-hydrogen) atoms. The molecule has 2 aliphatic carbocycles. The topological polar surface area (TPSA) is 47.1 Å². The van der Waals surface area contributed by atoms with Gasteiger partial charge in [0.15, 0.2) is 0 Å². The Morgan fingerprint density at radius 1 is 0.735 bits per heavy atom. The van der Waals surface area contributed by atoms with Crippen molar-refractivity contribution in [3.8, 4) is 0 Å². The van der Waals surface area contributed by atoms with Crippen molar-refractivity contribution in [2.24, 2.45) is 5.92 Å². The van der Waals surface area contributed by atoms with Gasteiger partial charge in [0.1, 0.15) is 0 Å². The summed E-state index contributed by atoms with van der Waals surface area (Å²) in [5.41, 5.74) is 1.18. The minimum absolute atomic E-state index is 0.0124. The first kappa shape index (κ1) is 23.8. The second-order valence-corrected chi connectivity index (χ2v) is 10.9. The van der Waals surface area contributed by atoms with E-state index in [0.29, 0.717) is 18.4 Å². The van der Waals surface area contributed by atoms with Crippen LogP contribution in [0.3, 0.4) is 0 Å². The van der Waals surface area contributed by atoms with E-state index in [9.17, 15) is 9.59 Å². The normalized spacial score (nSPS) is 24.6. The molecule has 4 aliphatic rings. The Morgan fingerprint density at radius 3 is 2.00 bits per heavy atom. The van der Waals surface area contributed by atoms with E-state index in [1.54, 1.807) is 0 Å². The van der Waals surface area contributed by atoms with Crippen LogP contribution in [0.1, 0.15) is 62.8 Å². The molecule has 6 heteroatoms. The van der Waals surface area contributed by atoms with E-state index < -0.39 is 0 Å². The summed E-state index contributed by atoms with van der Waals surface area (Å²) in [6.45, 7) is 7.35. The molecule has 2 aliphatic heterocycles. The zero-order chi connectivity index (χ0) is 23.3. The van der Waals surface area contributed by atoms with Crippen molar-refractivity contribution in [1.82, 2.24) is 19.6 Å². The molecule has 2 amide bonds. The Morgan fingerprint density at radius 2 is 1.38 bits per heavy atom. The molecule has 1 unspecified atom stereocenters. The fourth-order valence-electron chi connectivity index (χ4n) is 6.45. The molecule has 2 saturated heterocycles. The van der Waals surface area contributed by atoms with E-state index in [2.05, 4.69) is 43.9 Å². The van der Waals surface area contributed by atoms with Crippen LogP contribution in [0.5, 0.6) is 0 Å². The molecule has 2 saturated carbocycles. The molecule has 0 aromatic heterocycles. The minimum Gasteiger partial charge on any atom is -0.340 e. The lowest BCUT2D eigenvalue weighted by atomic mass is 9.76. The average Bonchev–Trinajstić information content (AvgIpc) is 2.85. The summed E-state index contributed by atoms with van der Waals surface area (Å²) >= 11 is 0. The van der Waals surface area contributed by atoms with Crippen molar-refractivity contribution in [3.63, 3.8) is 0 Å². The van der Waals surface area contributed by atoms with Gasteiger partial charge in [-0.15, -0.1) is 0 Å². The maximum absolute atomic E-state index is 13.7. The van der Waals surface area contributed by atoms with Crippen molar-refractivity contribution in [2.45, 2.75) is 63.3 Å². The highest BCUT2D eigenvalue weighted by Crippen LogP contribution is 2.37. The molecule has 5 rings (SSSR count). The van der Waals surface area contributed by atoms with E-state index in [1.807, 2.05) is 6.07 Å². The van der Waals surface area contributed by atoms with Gasteiger partial charge < -0.3 is 9.80 Å². The van der Waals surface area contributed by atoms with Crippen LogP contribution in [0.4, 0.5) is 0 Å². The third-order valence-corrected chi connectivity index (χ3v) is 8.85. The molecule has 1 atom stereocenters. The summed E-state index contributed by atoms with van der Waals surface area (Å²) < 4.78 is 0. The van der Waals surface area contributed by atoms with E-state index in [4.69, 9.17) is 0 Å². The average molecular weight is 467 g/mol. The second-order valence-electron chi connectivity index (χ2n) is 10.9. The van der Waals surface area contributed by atoms with Crippen molar-refractivity contribution in [3.05, 3.63) is 35.9 Å². The third-order valence-electron chi connectivity index (χ3n) is 8.85. The molecule has 0 radical (unpaired) electrons. The zero-order valence-electron chi connectivity index (χ0n) is 20.7. The van der Waals surface area contributed by atoms with Gasteiger partial charge in [-0.25, -0.2) is 0 Å². The number of carbonyl (C=O) groups excluding carboxylic acids is 2. The third kappa shape index (κ3) is 5.49. The highest BCUT2D eigenvalue weighted by atomic mass is 16.2. The molecule has 186 valence electrons. The lowest BCUT2D eigenvalue weighted by Gasteiger charge is -2.43. The maximum Gasteiger partial charge on any atom is 0.236 e. The largest absolute Gasteiger partial charge is 0.340 e. The second kappa shape index (κ2) is 11.2. The zero-order valence-corrected chi connectivity index (χ0v) is 20.7. The van der Waals surface area contributed by atoms with Gasteiger partial charge in [-0.1, -0.05) is 56.0 Å². The van der Waals surface area contributed by atoms with E-state index in [0.717, 1.165) is 71.2 Å². The van der Waals surface area contributed by atoms with Crippen LogP contribution in [-0.2, 0) is 9.59 Å². The lowest BCUT2D eigenvalue weighted by Crippen LogP contribution is -2.56. The van der Waals surface area contributed by atoms with Crippen LogP contribution in [0.2, 0.25) is 0 Å². The molecule has 2 heterocycles. The first-order valence-electron chi connectivity index (χ1n) is 13.8. The number of piperazine rings is 2. The first-order chi connectivity index (χ1) is 16.7. The van der Waals surface area contributed by atoms with Gasteiger partial charge in [0, 0.05) is 58.4 Å². The molecular weight excluding hydrogens is 424 g/mol. The molecule has 1 aromatic carbocycles. The highest BCUT2D eigenvalue weighted by Gasteiger charge is 2.35. The van der Waals surface area contributed by atoms with Gasteiger partial charge in [-0.3, -0.25) is 19.4 Å². The summed E-state index contributed by atoms with van der Waals surface area (Å²) in [7, 11) is 0. The lowest BCUT2D eigenvalue weighted by molar-refractivity contribution is -0.138. The van der Waals surface area contributed by atoms with Gasteiger partial charge in [0.2, 0.25) is 11.8 Å². The van der Waals surface area contributed by atoms with Crippen LogP contribution in [0, 0.1) is 5.92 Å². The summed E-state index contributed by atoms with van der Waals surface area (Å²) in [5.74, 6) is 1.01. The van der Waals surface area contributed by atoms with Gasteiger partial charge in [-0.2, -0.15) is 0 Å². The Balaban J connectivity index is 1.12. The van der Waals surface area contributed by atoms with Crippen LogP contribution < -0.4 is 0 Å². The van der Waals surface area contributed by atoms with Crippen LogP contribution >= 0.6 is 0 Å². The van der Waals surface area contributed by atoms with E-state index in [-0.39, 0.29) is 11.8 Å². The monoisotopic (exact) mass is 466 g/mol. The fourth-order valence-corrected chi connectivity index (χ4v) is 6.45. The van der Waals surface area contributed by atoms with Crippen molar-refractivity contribution in [2.75, 3.05) is 58.9 Å². The maximum atomic E-state index is 13.7. The van der Waals surface area contributed by atoms with Gasteiger partial charge in [-0.05, 0) is 37.2 Å². The van der Waals surface area contributed by atoms with Crippen LogP contribution in [-0.4, -0.2) is 96.4 Å². The number of hydrogen-bond donors (Lipinski definition) is 0. The highest BCUT2D eigenvalue weighted by molar-refractivity contribution is 5.84. The van der Waals surface area contributed by atoms with Gasteiger partial charge in [0.25, 0.3) is 0 Å². The van der Waals surface area contributed by atoms with Crippen molar-refractivity contribution in [1.29, 1.82) is 0 Å². The van der Waals surface area contributed by atoms with Gasteiger partial charge >= 0.3 is 0 Å². The van der Waals surface area contributed by atoms with Crippen molar-refractivity contribution < 1.29 is 9.59 Å². The van der Waals surface area contributed by atoms with Crippen LogP contribution in [0.25, 0.3) is 0 Å². The number of nitrogens with zero attached hydrogens (tertiary/aromatic N) is 4. The minimum atomic E-state index is -0.0124. The summed E-state index contributed by atoms with van der Waals surface area (Å²) in [4.78, 5) is 35.6. The summed E-state index contributed by atoms with van der Waals surface area (Å²) in [6.07, 6.45) is 10.1. The molecule has 0 N–H and O–H groups in total. The van der Waals surface area contributed by atoms with Crippen molar-refractivity contribution >= 4 is 11.8 Å². The first-order valence-corrected chi connectivity index (χ1v) is 13.8. The van der Waals surface area contributed by atoms with E-state index in [1.165, 1.54) is 44.1 Å². The van der Waals surface area contributed by atoms with Gasteiger partial charge in [0.05, 0.1) is 12.5 Å². The molecule has 1 aromatic rings. The number of amides is 2. The van der Waals surface area contributed by atoms with E-state index >= 15 is 0 Å². The smallest absolute Gasteiger partial charge is 0.236 e. The summed E-state index contributed by atoms with van der Waals surface area (Å²) in [5, 5.41) is 0. The molecular formula is C28H42N4O2. The molecule has 0 bridgehead atoms. The van der Waals surface area contributed by atoms with Crippen LogP contribution in [0.15, 0.2) is 30.3 Å². The number of hydrogen-bond acceptors (Lipinski definition) is 4. The molecule has 6 nitrogen and oxygen atoms in total. The standard InChI is InChI=1S/C28H42N4O2/c33-26(31-20-18-30(19-21-31)25-12-7-13-25)22-29-14-16-32(17-15-29)28(34)27(23-8-3-1-4-9-23)24-10-5-2-6-11-24/h1,3-4,8-9,24-25,27H,2,5-7,10-22H2.